The maximum atomic E-state index is 5.11. The van der Waals surface area contributed by atoms with Gasteiger partial charge in [-0.3, -0.25) is 0 Å². The molecule has 0 amide bonds. The van der Waals surface area contributed by atoms with Gasteiger partial charge in [0.25, 0.3) is 0 Å². The van der Waals surface area contributed by atoms with Crippen molar-refractivity contribution in [3.05, 3.63) is 193 Å². The summed E-state index contributed by atoms with van der Waals surface area (Å²) >= 11 is 0. The highest BCUT2D eigenvalue weighted by Gasteiger charge is 2.38. The molecule has 0 unspecified atom stereocenters. The van der Waals surface area contributed by atoms with E-state index in [1.165, 1.54) is 44.3 Å². The number of nitrogens with zero attached hydrogens (tertiary/aromatic N) is 4. The minimum absolute atomic E-state index is 0.213. The summed E-state index contributed by atoms with van der Waals surface area (Å²) < 4.78 is 2.41. The van der Waals surface area contributed by atoms with E-state index in [0.29, 0.717) is 5.82 Å². The summed E-state index contributed by atoms with van der Waals surface area (Å²) in [5, 5.41) is 2.49. The van der Waals surface area contributed by atoms with Crippen LogP contribution in [0, 0.1) is 0 Å². The Labute approximate surface area is 309 Å². The Hall–Kier alpha value is -6.78. The Balaban J connectivity index is 1.18. The van der Waals surface area contributed by atoms with E-state index in [9.17, 15) is 0 Å². The average Bonchev–Trinajstić information content (AvgIpc) is 3.57. The van der Waals surface area contributed by atoms with Gasteiger partial charge in [0.05, 0.1) is 33.8 Å². The molecule has 0 bridgehead atoms. The van der Waals surface area contributed by atoms with Crippen LogP contribution < -0.4 is 4.90 Å². The van der Waals surface area contributed by atoms with E-state index in [4.69, 9.17) is 9.97 Å². The molecule has 3 heterocycles. The fourth-order valence-electron chi connectivity index (χ4n) is 8.21. The van der Waals surface area contributed by atoms with Gasteiger partial charge in [-0.15, -0.1) is 0 Å². The van der Waals surface area contributed by atoms with Crippen LogP contribution in [0.5, 0.6) is 0 Å². The van der Waals surface area contributed by atoms with Gasteiger partial charge in [-0.2, -0.15) is 0 Å². The highest BCUT2D eigenvalue weighted by atomic mass is 15.2. The van der Waals surface area contributed by atoms with Crippen LogP contribution in [0.15, 0.2) is 182 Å². The van der Waals surface area contributed by atoms with Crippen molar-refractivity contribution in [2.75, 3.05) is 4.90 Å². The van der Waals surface area contributed by atoms with Gasteiger partial charge in [-0.05, 0) is 59.7 Å². The smallest absolute Gasteiger partial charge is 0.160 e. The quantitative estimate of drug-likeness (QED) is 0.181. The highest BCUT2D eigenvalue weighted by molar-refractivity contribution is 6.18. The number of hydrogen-bond donors (Lipinski definition) is 0. The van der Waals surface area contributed by atoms with Gasteiger partial charge >= 0.3 is 0 Å². The summed E-state index contributed by atoms with van der Waals surface area (Å²) in [7, 11) is 0. The number of aromatic nitrogens is 3. The first-order valence-electron chi connectivity index (χ1n) is 18.2. The second-order valence-corrected chi connectivity index (χ2v) is 14.3. The topological polar surface area (TPSA) is 34.0 Å². The van der Waals surface area contributed by atoms with Crippen LogP contribution in [-0.2, 0) is 5.41 Å². The fourth-order valence-corrected chi connectivity index (χ4v) is 8.21. The summed E-state index contributed by atoms with van der Waals surface area (Å²) in [6, 6.07) is 64.7. The van der Waals surface area contributed by atoms with Crippen molar-refractivity contribution in [3.8, 4) is 39.6 Å². The van der Waals surface area contributed by atoms with Gasteiger partial charge < -0.3 is 9.47 Å². The molecule has 9 aromatic rings. The Morgan fingerprint density at radius 3 is 1.75 bits per heavy atom. The van der Waals surface area contributed by atoms with E-state index in [1.807, 2.05) is 24.3 Å². The Kier molecular flexibility index (Phi) is 7.12. The second-order valence-electron chi connectivity index (χ2n) is 14.3. The van der Waals surface area contributed by atoms with Gasteiger partial charge in [0.2, 0.25) is 0 Å². The zero-order chi connectivity index (χ0) is 35.5. The number of anilines is 3. The first-order chi connectivity index (χ1) is 26.1. The molecule has 53 heavy (non-hydrogen) atoms. The van der Waals surface area contributed by atoms with E-state index in [0.717, 1.165) is 39.5 Å². The first kappa shape index (κ1) is 31.0. The number of hydrogen-bond acceptors (Lipinski definition) is 3. The van der Waals surface area contributed by atoms with Crippen LogP contribution in [-0.4, -0.2) is 14.5 Å². The van der Waals surface area contributed by atoms with Crippen molar-refractivity contribution >= 4 is 38.9 Å². The van der Waals surface area contributed by atoms with Crippen molar-refractivity contribution in [2.24, 2.45) is 0 Å². The van der Waals surface area contributed by atoms with Crippen LogP contribution in [0.25, 0.3) is 61.4 Å². The van der Waals surface area contributed by atoms with Gasteiger partial charge in [-0.25, -0.2) is 9.97 Å². The molecule has 0 atom stereocenters. The standard InChI is InChI=1S/C49H36N4/c1-49(2)39-23-13-15-25-44(39)53(47-40(49)30-31-45-46(47)38-22-12-14-24-43(38)52(45)36-20-10-5-11-21-36)37-28-26-34(27-29-37)42-32-41(33-16-6-3-7-17-33)50-48(51-42)35-18-8-4-9-19-35/h3-32H,1-2H3. The maximum Gasteiger partial charge on any atom is 0.160 e. The molecule has 10 rings (SSSR count). The molecule has 1 aliphatic rings. The number of para-hydroxylation sites is 3. The second kappa shape index (κ2) is 12.2. The van der Waals surface area contributed by atoms with E-state index >= 15 is 0 Å². The summed E-state index contributed by atoms with van der Waals surface area (Å²) in [6.07, 6.45) is 0. The predicted molar refractivity (Wildman–Crippen MR) is 219 cm³/mol. The molecule has 4 heteroatoms. The Morgan fingerprint density at radius 1 is 0.453 bits per heavy atom. The molecule has 0 aliphatic carbocycles. The first-order valence-corrected chi connectivity index (χ1v) is 18.2. The van der Waals surface area contributed by atoms with Gasteiger partial charge in [0.15, 0.2) is 5.82 Å². The molecular formula is C49H36N4. The van der Waals surface area contributed by atoms with Crippen molar-refractivity contribution in [2.45, 2.75) is 19.3 Å². The lowest BCUT2D eigenvalue weighted by molar-refractivity contribution is 0.633. The number of benzene rings is 7. The fraction of sp³-hybridized carbons (Fsp3) is 0.0612. The minimum atomic E-state index is -0.213. The lowest BCUT2D eigenvalue weighted by atomic mass is 9.73. The minimum Gasteiger partial charge on any atom is -0.309 e. The molecule has 0 radical (unpaired) electrons. The van der Waals surface area contributed by atoms with E-state index in [-0.39, 0.29) is 5.41 Å². The van der Waals surface area contributed by atoms with Crippen LogP contribution >= 0.6 is 0 Å². The largest absolute Gasteiger partial charge is 0.309 e. The molecular weight excluding hydrogens is 645 g/mol. The highest BCUT2D eigenvalue weighted by Crippen LogP contribution is 2.55. The van der Waals surface area contributed by atoms with Crippen molar-refractivity contribution in [3.63, 3.8) is 0 Å². The molecule has 1 aliphatic heterocycles. The third-order valence-corrected chi connectivity index (χ3v) is 10.8. The molecule has 7 aromatic carbocycles. The Bertz CT molecular complexity index is 2730. The molecule has 2 aromatic heterocycles. The monoisotopic (exact) mass is 680 g/mol. The van der Waals surface area contributed by atoms with Crippen molar-refractivity contribution < 1.29 is 0 Å². The van der Waals surface area contributed by atoms with E-state index < -0.39 is 0 Å². The average molecular weight is 681 g/mol. The molecule has 0 spiro atoms. The molecule has 0 saturated heterocycles. The molecule has 0 saturated carbocycles. The summed E-state index contributed by atoms with van der Waals surface area (Å²) in [5.41, 5.74) is 14.3. The lowest BCUT2D eigenvalue weighted by Gasteiger charge is -2.42. The van der Waals surface area contributed by atoms with E-state index in [1.54, 1.807) is 0 Å². The van der Waals surface area contributed by atoms with Crippen LogP contribution in [0.2, 0.25) is 0 Å². The van der Waals surface area contributed by atoms with Crippen molar-refractivity contribution in [1.82, 2.24) is 14.5 Å². The lowest BCUT2D eigenvalue weighted by Crippen LogP contribution is -2.30. The zero-order valence-corrected chi connectivity index (χ0v) is 29.6. The molecule has 252 valence electrons. The van der Waals surface area contributed by atoms with Crippen LogP contribution in [0.4, 0.5) is 17.1 Å². The molecule has 4 nitrogen and oxygen atoms in total. The van der Waals surface area contributed by atoms with Crippen LogP contribution in [0.3, 0.4) is 0 Å². The van der Waals surface area contributed by atoms with E-state index in [2.05, 4.69) is 181 Å². The Morgan fingerprint density at radius 2 is 1.04 bits per heavy atom. The molecule has 0 fully saturated rings. The summed E-state index contributed by atoms with van der Waals surface area (Å²) in [6.45, 7) is 4.72. The predicted octanol–water partition coefficient (Wildman–Crippen LogP) is 12.7. The number of fused-ring (bicyclic) bond motifs is 6. The summed E-state index contributed by atoms with van der Waals surface area (Å²) in [5.74, 6) is 0.712. The third-order valence-electron chi connectivity index (χ3n) is 10.8. The van der Waals surface area contributed by atoms with Crippen LogP contribution in [0.1, 0.15) is 25.0 Å². The molecule has 0 N–H and O–H groups in total. The maximum absolute atomic E-state index is 5.11. The van der Waals surface area contributed by atoms with Crippen molar-refractivity contribution in [1.29, 1.82) is 0 Å². The number of rotatable bonds is 5. The zero-order valence-electron chi connectivity index (χ0n) is 29.6. The van der Waals surface area contributed by atoms with Gasteiger partial charge in [0.1, 0.15) is 0 Å². The van der Waals surface area contributed by atoms with Gasteiger partial charge in [-0.1, -0.05) is 147 Å². The third kappa shape index (κ3) is 4.98. The normalized spacial score (nSPS) is 13.2. The summed E-state index contributed by atoms with van der Waals surface area (Å²) in [4.78, 5) is 12.6. The van der Waals surface area contributed by atoms with Gasteiger partial charge in [0, 0.05) is 44.3 Å². The SMILES string of the molecule is CC1(C)c2ccccc2N(c2ccc(-c3cc(-c4ccccc4)nc(-c4ccccc4)n3)cc2)c2c1ccc1c2c2ccccc2n1-c1ccccc1.